The van der Waals surface area contributed by atoms with Crippen LogP contribution in [0.15, 0.2) is 48.5 Å². The summed E-state index contributed by atoms with van der Waals surface area (Å²) in [5.74, 6) is 0.683. The van der Waals surface area contributed by atoms with Crippen LogP contribution in [0, 0.1) is 0 Å². The Labute approximate surface area is 183 Å². The fraction of sp³-hybridized carbons (Fsp3) is 0.417. The Hall–Kier alpha value is -3.06. The van der Waals surface area contributed by atoms with Gasteiger partial charge in [-0.25, -0.2) is 4.79 Å². The highest BCUT2D eigenvalue weighted by molar-refractivity contribution is 5.79. The van der Waals surface area contributed by atoms with E-state index in [2.05, 4.69) is 17.0 Å². The van der Waals surface area contributed by atoms with E-state index in [4.69, 9.17) is 9.47 Å². The average molecular weight is 425 g/mol. The lowest BCUT2D eigenvalue weighted by atomic mass is 9.94. The number of hydrogen-bond donors (Lipinski definition) is 1. The third-order valence-corrected chi connectivity index (χ3v) is 6.39. The zero-order chi connectivity index (χ0) is 21.8. The Kier molecular flexibility index (Phi) is 6.42. The largest absolute Gasteiger partial charge is 0.497 e. The van der Waals surface area contributed by atoms with E-state index in [1.165, 1.54) is 18.2 Å². The van der Waals surface area contributed by atoms with Gasteiger partial charge in [-0.3, -0.25) is 4.79 Å². The molecule has 0 radical (unpaired) electrons. The molecule has 0 bridgehead atoms. The Morgan fingerprint density at radius 3 is 2.29 bits per heavy atom. The zero-order valence-electron chi connectivity index (χ0n) is 18.2. The number of carbonyl (C=O) groups is 2. The molecule has 7 heteroatoms. The molecule has 7 nitrogen and oxygen atoms in total. The summed E-state index contributed by atoms with van der Waals surface area (Å²) in [4.78, 5) is 30.7. The second kappa shape index (κ2) is 9.39. The summed E-state index contributed by atoms with van der Waals surface area (Å²) < 4.78 is 10.3. The predicted octanol–water partition coefficient (Wildman–Crippen LogP) is 0.527. The molecule has 1 amide bonds. The van der Waals surface area contributed by atoms with E-state index in [-0.39, 0.29) is 17.9 Å². The Bertz CT molecular complexity index is 923. The van der Waals surface area contributed by atoms with Crippen molar-refractivity contribution in [2.24, 2.45) is 0 Å². The van der Waals surface area contributed by atoms with Crippen LogP contribution in [0.25, 0.3) is 0 Å². The van der Waals surface area contributed by atoms with E-state index in [1.54, 1.807) is 7.11 Å². The van der Waals surface area contributed by atoms with Gasteiger partial charge >= 0.3 is 5.97 Å². The molecule has 4 rings (SSSR count). The molecule has 31 heavy (non-hydrogen) atoms. The lowest BCUT2D eigenvalue weighted by Crippen LogP contribution is -3.17. The second-order valence-electron chi connectivity index (χ2n) is 8.13. The minimum Gasteiger partial charge on any atom is -0.497 e. The molecule has 0 aliphatic carbocycles. The first-order chi connectivity index (χ1) is 15.1. The number of carbonyl (C=O) groups excluding carboxylic acids is 2. The number of esters is 1. The number of anilines is 1. The van der Waals surface area contributed by atoms with E-state index >= 15 is 0 Å². The normalized spacial score (nSPS) is 20.7. The fourth-order valence-electron chi connectivity index (χ4n) is 4.55. The van der Waals surface area contributed by atoms with Crippen molar-refractivity contribution >= 4 is 17.6 Å². The van der Waals surface area contributed by atoms with E-state index in [0.717, 1.165) is 29.4 Å². The summed E-state index contributed by atoms with van der Waals surface area (Å²) >= 11 is 0. The Morgan fingerprint density at radius 1 is 0.968 bits per heavy atom. The number of nitrogens with zero attached hydrogens (tertiary/aromatic N) is 2. The fourth-order valence-corrected chi connectivity index (χ4v) is 4.55. The summed E-state index contributed by atoms with van der Waals surface area (Å²) in [6.07, 6.45) is 0.608. The maximum atomic E-state index is 13.1. The minimum atomic E-state index is -0.343. The molecule has 1 fully saturated rings. The van der Waals surface area contributed by atoms with Gasteiger partial charge in [-0.05, 0) is 29.8 Å². The first-order valence-corrected chi connectivity index (χ1v) is 10.7. The van der Waals surface area contributed by atoms with Crippen LogP contribution in [-0.2, 0) is 27.3 Å². The van der Waals surface area contributed by atoms with Crippen LogP contribution >= 0.6 is 0 Å². The van der Waals surface area contributed by atoms with Gasteiger partial charge < -0.3 is 24.2 Å². The molecule has 164 valence electrons. The highest BCUT2D eigenvalue weighted by atomic mass is 16.5. The molecule has 2 aliphatic heterocycles. The van der Waals surface area contributed by atoms with Crippen molar-refractivity contribution in [2.45, 2.75) is 19.0 Å². The van der Waals surface area contributed by atoms with Gasteiger partial charge in [0, 0.05) is 43.9 Å². The number of hydrogen-bond acceptors (Lipinski definition) is 5. The monoisotopic (exact) mass is 424 g/mol. The highest BCUT2D eigenvalue weighted by Gasteiger charge is 2.38. The lowest BCUT2D eigenvalue weighted by Gasteiger charge is -2.37. The quantitative estimate of drug-likeness (QED) is 0.710. The molecular weight excluding hydrogens is 394 g/mol. The van der Waals surface area contributed by atoms with Gasteiger partial charge in [0.15, 0.2) is 12.6 Å². The molecule has 2 heterocycles. The van der Waals surface area contributed by atoms with Gasteiger partial charge in [0.25, 0.3) is 5.91 Å². The molecule has 1 saturated heterocycles. The molecular formula is C24H30N3O4+. The Balaban J connectivity index is 1.37. The number of rotatable bonds is 5. The summed E-state index contributed by atoms with van der Waals surface area (Å²) in [5, 5.41) is 0. The lowest BCUT2D eigenvalue weighted by molar-refractivity contribution is -0.925. The van der Waals surface area contributed by atoms with Gasteiger partial charge in [0.05, 0.1) is 14.2 Å². The molecule has 0 saturated carbocycles. The van der Waals surface area contributed by atoms with Crippen molar-refractivity contribution < 1.29 is 24.0 Å². The smallest absolute Gasteiger partial charge is 0.365 e. The van der Waals surface area contributed by atoms with Crippen molar-refractivity contribution in [3.63, 3.8) is 0 Å². The summed E-state index contributed by atoms with van der Waals surface area (Å²) in [7, 11) is 3.08. The van der Waals surface area contributed by atoms with Crippen LogP contribution in [-0.4, -0.2) is 69.8 Å². The van der Waals surface area contributed by atoms with Crippen molar-refractivity contribution in [3.8, 4) is 5.75 Å². The van der Waals surface area contributed by atoms with Crippen LogP contribution in [0.3, 0.4) is 0 Å². The van der Waals surface area contributed by atoms with Crippen molar-refractivity contribution in [3.05, 3.63) is 59.7 Å². The van der Waals surface area contributed by atoms with Gasteiger partial charge in [-0.15, -0.1) is 0 Å². The molecule has 1 N–H and O–H groups in total. The van der Waals surface area contributed by atoms with E-state index in [1.807, 2.05) is 41.3 Å². The molecule has 2 atom stereocenters. The van der Waals surface area contributed by atoms with Crippen molar-refractivity contribution in [1.29, 1.82) is 0 Å². The SMILES string of the molecule is COC(=O)[C@H]1Cc2ccccc2C[NH+]1CC(=O)N1CCN(c2ccc(OC)cc2)CC1. The molecule has 1 unspecified atom stereocenters. The minimum absolute atomic E-state index is 0.0951. The summed E-state index contributed by atoms with van der Waals surface area (Å²) in [6.45, 7) is 3.90. The highest BCUT2D eigenvalue weighted by Crippen LogP contribution is 2.20. The molecule has 2 aromatic rings. The number of benzene rings is 2. The standard InChI is InChI=1S/C24H29N3O4/c1-30-21-9-7-20(8-10-21)25-11-13-26(14-12-25)23(28)17-27-16-19-6-4-3-5-18(19)15-22(27)24(29)31-2/h3-10,22H,11-17H2,1-2H3/p+1/t22-/m1/s1. The summed E-state index contributed by atoms with van der Waals surface area (Å²) in [5.41, 5.74) is 3.51. The first kappa shape index (κ1) is 21.2. The van der Waals surface area contributed by atoms with Gasteiger partial charge in [0.1, 0.15) is 12.3 Å². The maximum absolute atomic E-state index is 13.1. The van der Waals surface area contributed by atoms with Gasteiger partial charge in [-0.1, -0.05) is 24.3 Å². The van der Waals surface area contributed by atoms with Crippen LogP contribution in [0.2, 0.25) is 0 Å². The Morgan fingerprint density at radius 2 is 1.65 bits per heavy atom. The first-order valence-electron chi connectivity index (χ1n) is 10.7. The molecule has 2 aromatic carbocycles. The predicted molar refractivity (Wildman–Crippen MR) is 117 cm³/mol. The number of ether oxygens (including phenoxy) is 2. The third kappa shape index (κ3) is 4.66. The van der Waals surface area contributed by atoms with Crippen LogP contribution < -0.4 is 14.5 Å². The zero-order valence-corrected chi connectivity index (χ0v) is 18.2. The molecule has 0 aromatic heterocycles. The van der Waals surface area contributed by atoms with Gasteiger partial charge in [-0.2, -0.15) is 0 Å². The number of methoxy groups -OCH3 is 2. The third-order valence-electron chi connectivity index (χ3n) is 6.39. The van der Waals surface area contributed by atoms with Crippen molar-refractivity contribution in [2.75, 3.05) is 51.8 Å². The van der Waals surface area contributed by atoms with E-state index in [9.17, 15) is 9.59 Å². The van der Waals surface area contributed by atoms with E-state index in [0.29, 0.717) is 32.6 Å². The topological polar surface area (TPSA) is 63.5 Å². The number of fused-ring (bicyclic) bond motifs is 1. The number of amides is 1. The van der Waals surface area contributed by atoms with Crippen LogP contribution in [0.4, 0.5) is 5.69 Å². The van der Waals surface area contributed by atoms with Crippen molar-refractivity contribution in [1.82, 2.24) is 4.90 Å². The molecule has 0 spiro atoms. The number of nitrogens with one attached hydrogen (secondary N) is 1. The van der Waals surface area contributed by atoms with Crippen LogP contribution in [0.5, 0.6) is 5.75 Å². The number of quaternary nitrogens is 1. The number of piperazine rings is 1. The molecule has 2 aliphatic rings. The second-order valence-corrected chi connectivity index (χ2v) is 8.13. The summed E-state index contributed by atoms with van der Waals surface area (Å²) in [6, 6.07) is 15.8. The maximum Gasteiger partial charge on any atom is 0.365 e. The van der Waals surface area contributed by atoms with Crippen LogP contribution in [0.1, 0.15) is 11.1 Å². The average Bonchev–Trinajstić information content (AvgIpc) is 2.83. The van der Waals surface area contributed by atoms with Gasteiger partial charge in [0.2, 0.25) is 0 Å². The van der Waals surface area contributed by atoms with E-state index < -0.39 is 0 Å².